The maximum absolute atomic E-state index is 15.5. The Morgan fingerprint density at radius 3 is 2.25 bits per heavy atom. The largest absolute Gasteiger partial charge is 0.497 e. The molecule has 434 valence electrons. The van der Waals surface area contributed by atoms with E-state index >= 15 is 4.79 Å². The van der Waals surface area contributed by atoms with E-state index in [4.69, 9.17) is 38.4 Å². The Bertz CT molecular complexity index is 2870. The van der Waals surface area contributed by atoms with Gasteiger partial charge in [-0.1, -0.05) is 168 Å². The minimum atomic E-state index is -1.56. The van der Waals surface area contributed by atoms with Crippen LogP contribution in [0.2, 0.25) is 0 Å². The first-order valence-electron chi connectivity index (χ1n) is 29.6. The molecule has 3 aliphatic rings. The number of hydrogen-bond donors (Lipinski definition) is 3. The lowest BCUT2D eigenvalue weighted by Crippen LogP contribution is -2.70. The van der Waals surface area contributed by atoms with Crippen molar-refractivity contribution in [3.63, 3.8) is 0 Å². The number of fused-ring (bicyclic) bond motifs is 3. The second kappa shape index (κ2) is 30.8. The molecule has 14 heteroatoms. The molecule has 6 atom stereocenters. The molecule has 0 bridgehead atoms. The molecule has 5 aromatic carbocycles. The predicted octanol–water partition coefficient (Wildman–Crippen LogP) is 14.9. The Morgan fingerprint density at radius 2 is 1.51 bits per heavy atom. The first-order valence-corrected chi connectivity index (χ1v) is 29.6. The monoisotopic (exact) mass is 1110 g/mol. The van der Waals surface area contributed by atoms with Gasteiger partial charge in [0, 0.05) is 37.2 Å². The van der Waals surface area contributed by atoms with Crippen molar-refractivity contribution < 1.29 is 53.1 Å². The van der Waals surface area contributed by atoms with Crippen LogP contribution in [0.1, 0.15) is 139 Å². The van der Waals surface area contributed by atoms with E-state index in [2.05, 4.69) is 49.2 Å². The zero-order valence-electron chi connectivity index (χ0n) is 47.9. The van der Waals surface area contributed by atoms with E-state index in [0.717, 1.165) is 84.4 Å². The molecule has 1 heterocycles. The average Bonchev–Trinajstić information content (AvgIpc) is 1.58. The minimum Gasteiger partial charge on any atom is -0.497 e. The minimum absolute atomic E-state index is 0.0290. The highest BCUT2D eigenvalue weighted by Gasteiger charge is 2.66. The topological polar surface area (TPSA) is 167 Å². The summed E-state index contributed by atoms with van der Waals surface area (Å²) in [7, 11) is 3.07. The number of aliphatic hydroxyl groups excluding tert-OH is 2. The Labute approximate surface area is 479 Å². The van der Waals surface area contributed by atoms with Gasteiger partial charge in [0.05, 0.1) is 51.3 Å². The number of allylic oxidation sites excluding steroid dienone is 1. The van der Waals surface area contributed by atoms with Crippen LogP contribution >= 0.6 is 0 Å². The van der Waals surface area contributed by atoms with Gasteiger partial charge < -0.3 is 43.5 Å². The number of anilines is 1. The van der Waals surface area contributed by atoms with Gasteiger partial charge in [-0.15, -0.1) is 6.58 Å². The SMILES string of the molecule is C=CCO[C@@]12Oc3ccc(OC(=O)Nc4ccc(OC)cc4OC)cc3[C@H]3[C@H](CCCCO)[C@@H](CCCCO)C=C(C(=NOCc4ccccc4)C[C@@H]1N(Cc1cccc4ccccc14)C(=O)OCCCCCCCCCCCC)[C@H]32. The van der Waals surface area contributed by atoms with Gasteiger partial charge in [0.1, 0.15) is 35.6 Å². The molecule has 0 saturated heterocycles. The summed E-state index contributed by atoms with van der Waals surface area (Å²) in [6, 6.07) is 33.9. The number of hydrogen-bond acceptors (Lipinski definition) is 12. The van der Waals surface area contributed by atoms with E-state index in [1.165, 1.54) is 45.6 Å². The molecule has 0 radical (unpaired) electrons. The van der Waals surface area contributed by atoms with Crippen molar-refractivity contribution in [2.45, 2.75) is 147 Å². The molecule has 2 amide bonds. The number of carbonyl (C=O) groups excluding carboxylic acids is 2. The normalized spacial score (nSPS) is 20.3. The lowest BCUT2D eigenvalue weighted by atomic mass is 9.55. The molecule has 3 N–H and O–H groups in total. The van der Waals surface area contributed by atoms with Crippen molar-refractivity contribution in [3.05, 3.63) is 150 Å². The average molecular weight is 1110 g/mol. The summed E-state index contributed by atoms with van der Waals surface area (Å²) < 4.78 is 38.4. The Kier molecular flexibility index (Phi) is 22.9. The maximum Gasteiger partial charge on any atom is 0.417 e. The molecule has 1 saturated carbocycles. The molecule has 0 spiro atoms. The lowest BCUT2D eigenvalue weighted by molar-refractivity contribution is -0.256. The van der Waals surface area contributed by atoms with Crippen LogP contribution in [0.25, 0.3) is 10.8 Å². The number of methoxy groups -OCH3 is 2. The Hall–Kier alpha value is -6.87. The first-order chi connectivity index (χ1) is 39.7. The third kappa shape index (κ3) is 15.4. The summed E-state index contributed by atoms with van der Waals surface area (Å²) in [5.74, 6) is -0.906. The van der Waals surface area contributed by atoms with Crippen LogP contribution in [0.5, 0.6) is 23.0 Å². The van der Waals surface area contributed by atoms with Crippen molar-refractivity contribution in [1.29, 1.82) is 0 Å². The molecule has 0 unspecified atom stereocenters. The fourth-order valence-corrected chi connectivity index (χ4v) is 12.4. The van der Waals surface area contributed by atoms with Crippen molar-refractivity contribution in [2.24, 2.45) is 22.9 Å². The standard InChI is InChI=1S/C67H85N3O11/c1-5-7-8-9-10-11-12-13-14-24-41-77-66(74)70(46-51-31-25-30-49-28-18-19-32-54(49)51)62-45-59(69-79-47-48-26-16-15-17-27-48)56-42-50(29-20-22-38-71)55(33-21-23-39-72)63-57-43-53(35-37-60(57)81-67(62,64(56)63)78-40-6-2)80-65(73)68-58-36-34-52(75-3)44-61(58)76-4/h6,15-19,25-28,30-32,34-37,42-44,50,55,62-64,71-72H,2,5,7-14,20-24,29,33,38-41,45-47H2,1,3-4H3,(H,68,73)/t50-,55+,62-,63+,64+,67+/m0/s1. The number of rotatable bonds is 32. The molecule has 8 rings (SSSR count). The smallest absolute Gasteiger partial charge is 0.417 e. The summed E-state index contributed by atoms with van der Waals surface area (Å²) in [5.41, 5.74) is 4.61. The maximum atomic E-state index is 15.5. The highest BCUT2D eigenvalue weighted by molar-refractivity contribution is 6.03. The van der Waals surface area contributed by atoms with Gasteiger partial charge in [-0.3, -0.25) is 10.2 Å². The van der Waals surface area contributed by atoms with E-state index in [-0.39, 0.29) is 69.5 Å². The number of nitrogens with zero attached hydrogens (tertiary/aromatic N) is 2. The van der Waals surface area contributed by atoms with Gasteiger partial charge in [0.15, 0.2) is 0 Å². The van der Waals surface area contributed by atoms with Crippen molar-refractivity contribution in [1.82, 2.24) is 4.90 Å². The van der Waals surface area contributed by atoms with Gasteiger partial charge in [-0.25, -0.2) is 9.59 Å². The first kappa shape index (κ1) is 60.2. The zero-order valence-corrected chi connectivity index (χ0v) is 47.9. The van der Waals surface area contributed by atoms with E-state index < -0.39 is 29.9 Å². The van der Waals surface area contributed by atoms with Crippen LogP contribution in [-0.2, 0) is 27.5 Å². The third-order valence-corrected chi connectivity index (χ3v) is 16.3. The lowest BCUT2D eigenvalue weighted by Gasteiger charge is -2.59. The van der Waals surface area contributed by atoms with Gasteiger partial charge in [0.25, 0.3) is 0 Å². The highest BCUT2D eigenvalue weighted by Crippen LogP contribution is 2.62. The molecular formula is C67H85N3O11. The summed E-state index contributed by atoms with van der Waals surface area (Å²) in [4.78, 5) is 37.5. The number of ether oxygens (including phenoxy) is 6. The third-order valence-electron chi connectivity index (χ3n) is 16.3. The number of benzene rings is 5. The molecule has 14 nitrogen and oxygen atoms in total. The molecular weight excluding hydrogens is 1020 g/mol. The molecule has 1 fully saturated rings. The molecule has 2 aliphatic carbocycles. The fraction of sp³-hybridized carbons (Fsp3) is 0.478. The van der Waals surface area contributed by atoms with Crippen molar-refractivity contribution in [3.8, 4) is 23.0 Å². The van der Waals surface area contributed by atoms with Crippen LogP contribution in [-0.4, -0.2) is 85.5 Å². The second-order valence-electron chi connectivity index (χ2n) is 21.7. The zero-order chi connectivity index (χ0) is 56.8. The Morgan fingerprint density at radius 1 is 0.790 bits per heavy atom. The quantitative estimate of drug-likeness (QED) is 0.0213. The molecule has 0 aromatic heterocycles. The van der Waals surface area contributed by atoms with E-state index in [1.54, 1.807) is 42.4 Å². The molecule has 81 heavy (non-hydrogen) atoms. The number of amides is 2. The highest BCUT2D eigenvalue weighted by atomic mass is 16.7. The summed E-state index contributed by atoms with van der Waals surface area (Å²) >= 11 is 0. The van der Waals surface area contributed by atoms with Crippen LogP contribution in [0.3, 0.4) is 0 Å². The van der Waals surface area contributed by atoms with Gasteiger partial charge in [-0.2, -0.15) is 0 Å². The van der Waals surface area contributed by atoms with E-state index in [1.807, 2.05) is 60.7 Å². The van der Waals surface area contributed by atoms with Gasteiger partial charge >= 0.3 is 12.2 Å². The number of carbonyl (C=O) groups is 2. The molecule has 1 aliphatic heterocycles. The van der Waals surface area contributed by atoms with Crippen LogP contribution in [0.4, 0.5) is 15.3 Å². The predicted molar refractivity (Wildman–Crippen MR) is 318 cm³/mol. The van der Waals surface area contributed by atoms with Crippen LogP contribution in [0.15, 0.2) is 139 Å². The number of nitrogens with one attached hydrogen (secondary N) is 1. The van der Waals surface area contributed by atoms with Crippen LogP contribution < -0.4 is 24.3 Å². The van der Waals surface area contributed by atoms with Crippen molar-refractivity contribution >= 4 is 34.4 Å². The second-order valence-corrected chi connectivity index (χ2v) is 21.7. The van der Waals surface area contributed by atoms with Gasteiger partial charge in [-0.05, 0) is 102 Å². The number of unbranched alkanes of at least 4 members (excludes halogenated alkanes) is 11. The van der Waals surface area contributed by atoms with Gasteiger partial charge in [0.2, 0.25) is 5.79 Å². The number of aliphatic hydroxyl groups is 2. The molecule has 5 aromatic rings. The van der Waals surface area contributed by atoms with Crippen LogP contribution in [0, 0.1) is 17.8 Å². The van der Waals surface area contributed by atoms with E-state index in [9.17, 15) is 15.0 Å². The summed E-state index contributed by atoms with van der Waals surface area (Å²) in [6.07, 6.45) is 18.7. The van der Waals surface area contributed by atoms with E-state index in [0.29, 0.717) is 41.5 Å². The Balaban J connectivity index is 1.25. The van der Waals surface area contributed by atoms with Crippen molar-refractivity contribution in [2.75, 3.05) is 46.0 Å². The summed E-state index contributed by atoms with van der Waals surface area (Å²) in [6.45, 7) is 7.19. The fourth-order valence-electron chi connectivity index (χ4n) is 12.4. The number of oxime groups is 1. The summed E-state index contributed by atoms with van der Waals surface area (Å²) in [5, 5.41) is 30.3.